The number of nitrogens with zero attached hydrogens (tertiary/aromatic N) is 4. The van der Waals surface area contributed by atoms with Crippen molar-refractivity contribution in [1.29, 1.82) is 0 Å². The van der Waals surface area contributed by atoms with E-state index in [1.54, 1.807) is 12.1 Å². The Morgan fingerprint density at radius 3 is 2.56 bits per heavy atom. The van der Waals surface area contributed by atoms with Gasteiger partial charge in [-0.1, -0.05) is 18.2 Å². The Morgan fingerprint density at radius 1 is 1.08 bits per heavy atom. The third-order valence-electron chi connectivity index (χ3n) is 7.46. The predicted octanol–water partition coefficient (Wildman–Crippen LogP) is 2.97. The molecule has 9 heteroatoms. The molecule has 2 saturated heterocycles. The zero-order valence-electron chi connectivity index (χ0n) is 20.9. The highest BCUT2D eigenvalue weighted by Crippen LogP contribution is 2.38. The minimum Gasteiger partial charge on any atom is -0.492 e. The fraction of sp³-hybridized carbons (Fsp3) is 0.519. The van der Waals surface area contributed by atoms with Crippen molar-refractivity contribution in [2.75, 3.05) is 50.8 Å². The summed E-state index contributed by atoms with van der Waals surface area (Å²) in [4.78, 5) is 31.6. The Hall–Kier alpha value is -3.17. The summed E-state index contributed by atoms with van der Waals surface area (Å²) in [7, 11) is 0. The molecule has 3 heterocycles. The molecule has 0 spiro atoms. The van der Waals surface area contributed by atoms with Crippen molar-refractivity contribution in [2.24, 2.45) is 5.92 Å². The van der Waals surface area contributed by atoms with Gasteiger partial charge in [-0.3, -0.25) is 19.8 Å². The summed E-state index contributed by atoms with van der Waals surface area (Å²) in [5, 5.41) is 11.4. The molecule has 5 rings (SSSR count). The van der Waals surface area contributed by atoms with Crippen LogP contribution in [-0.4, -0.2) is 84.8 Å². The van der Waals surface area contributed by atoms with E-state index < -0.39 is 0 Å². The van der Waals surface area contributed by atoms with Crippen LogP contribution in [0.2, 0.25) is 0 Å². The summed E-state index contributed by atoms with van der Waals surface area (Å²) in [6.07, 6.45) is 0.485. The minimum absolute atomic E-state index is 0.00499. The topological polar surface area (TPSA) is 88.4 Å². The van der Waals surface area contributed by atoms with Crippen LogP contribution in [-0.2, 0) is 16.0 Å². The second kappa shape index (κ2) is 10.4. The molecular formula is C27H34N4O5. The fourth-order valence-corrected chi connectivity index (χ4v) is 5.87. The highest BCUT2D eigenvalue weighted by molar-refractivity contribution is 5.82. The van der Waals surface area contributed by atoms with Gasteiger partial charge in [-0.2, -0.15) is 0 Å². The standard InChI is InChI=1S/C27H34N4O5/c1-19-16-29(17-20(2)36-19)27(32)24-15-21-14-22(31(33)34)8-9-25(21)30-11-10-28(18-26(24)30)12-13-35-23-6-4-3-5-7-23/h3-9,14,19-20,24,26H,10-13,15-18H2,1-2H3/t19-,20-,24-,26-/m1/s1. The second-order valence-electron chi connectivity index (χ2n) is 10.1. The van der Waals surface area contributed by atoms with Gasteiger partial charge in [0, 0.05) is 57.1 Å². The average Bonchev–Trinajstić information content (AvgIpc) is 2.87. The van der Waals surface area contributed by atoms with Crippen LogP contribution in [0.4, 0.5) is 11.4 Å². The average molecular weight is 495 g/mol. The fourth-order valence-electron chi connectivity index (χ4n) is 5.87. The molecule has 3 aliphatic rings. The van der Waals surface area contributed by atoms with E-state index in [0.29, 0.717) is 26.1 Å². The van der Waals surface area contributed by atoms with Crippen LogP contribution in [0.3, 0.4) is 0 Å². The van der Waals surface area contributed by atoms with E-state index in [4.69, 9.17) is 9.47 Å². The molecule has 192 valence electrons. The van der Waals surface area contributed by atoms with Gasteiger partial charge < -0.3 is 19.3 Å². The van der Waals surface area contributed by atoms with E-state index in [-0.39, 0.29) is 40.7 Å². The molecule has 2 aromatic carbocycles. The van der Waals surface area contributed by atoms with Gasteiger partial charge in [0.25, 0.3) is 5.69 Å². The van der Waals surface area contributed by atoms with Crippen LogP contribution in [0.15, 0.2) is 48.5 Å². The smallest absolute Gasteiger partial charge is 0.269 e. The largest absolute Gasteiger partial charge is 0.492 e. The van der Waals surface area contributed by atoms with E-state index in [1.807, 2.05) is 55.1 Å². The van der Waals surface area contributed by atoms with Gasteiger partial charge in [-0.25, -0.2) is 0 Å². The maximum absolute atomic E-state index is 13.9. The van der Waals surface area contributed by atoms with E-state index in [9.17, 15) is 14.9 Å². The van der Waals surface area contributed by atoms with Crippen LogP contribution in [0.5, 0.6) is 5.75 Å². The molecule has 2 fully saturated rings. The number of hydrogen-bond donors (Lipinski definition) is 0. The zero-order valence-corrected chi connectivity index (χ0v) is 20.9. The third kappa shape index (κ3) is 5.17. The number of amides is 1. The number of fused-ring (bicyclic) bond motifs is 3. The number of nitro benzene ring substituents is 1. The molecule has 0 aliphatic carbocycles. The first kappa shape index (κ1) is 24.5. The number of ether oxygens (including phenoxy) is 2. The number of nitro groups is 1. The van der Waals surface area contributed by atoms with Crippen molar-refractivity contribution in [2.45, 2.75) is 38.5 Å². The van der Waals surface area contributed by atoms with E-state index in [2.05, 4.69) is 9.80 Å². The molecule has 3 aliphatic heterocycles. The van der Waals surface area contributed by atoms with Crippen LogP contribution >= 0.6 is 0 Å². The highest BCUT2D eigenvalue weighted by atomic mass is 16.6. The van der Waals surface area contributed by atoms with E-state index >= 15 is 0 Å². The maximum atomic E-state index is 13.9. The molecule has 36 heavy (non-hydrogen) atoms. The lowest BCUT2D eigenvalue weighted by molar-refractivity contribution is -0.384. The lowest BCUT2D eigenvalue weighted by Gasteiger charge is -2.50. The van der Waals surface area contributed by atoms with Gasteiger partial charge in [-0.15, -0.1) is 0 Å². The van der Waals surface area contributed by atoms with Crippen molar-refractivity contribution in [1.82, 2.24) is 9.80 Å². The van der Waals surface area contributed by atoms with Gasteiger partial charge in [0.15, 0.2) is 0 Å². The lowest BCUT2D eigenvalue weighted by Crippen LogP contribution is -2.62. The summed E-state index contributed by atoms with van der Waals surface area (Å²) in [5.41, 5.74) is 1.97. The number of morpholine rings is 1. The Labute approximate surface area is 211 Å². The number of non-ortho nitro benzene ring substituents is 1. The van der Waals surface area contributed by atoms with Gasteiger partial charge in [-0.05, 0) is 44.0 Å². The summed E-state index contributed by atoms with van der Waals surface area (Å²) < 4.78 is 11.8. The Balaban J connectivity index is 1.35. The molecule has 4 atom stereocenters. The van der Waals surface area contributed by atoms with Crippen molar-refractivity contribution >= 4 is 17.3 Å². The summed E-state index contributed by atoms with van der Waals surface area (Å²) in [5.74, 6) is 0.703. The van der Waals surface area contributed by atoms with Gasteiger partial charge in [0.05, 0.1) is 29.1 Å². The molecule has 0 bridgehead atoms. The number of para-hydroxylation sites is 1. The first-order valence-electron chi connectivity index (χ1n) is 12.8. The zero-order chi connectivity index (χ0) is 25.2. The van der Waals surface area contributed by atoms with Crippen LogP contribution in [0, 0.1) is 16.0 Å². The number of anilines is 1. The molecule has 2 aromatic rings. The number of piperazine rings is 1. The van der Waals surface area contributed by atoms with Gasteiger partial charge in [0.2, 0.25) is 5.91 Å². The number of carbonyl (C=O) groups excluding carboxylic acids is 1. The molecule has 0 aromatic heterocycles. The summed E-state index contributed by atoms with van der Waals surface area (Å²) >= 11 is 0. The monoisotopic (exact) mass is 494 g/mol. The van der Waals surface area contributed by atoms with Crippen LogP contribution < -0.4 is 9.64 Å². The number of benzene rings is 2. The third-order valence-corrected chi connectivity index (χ3v) is 7.46. The van der Waals surface area contributed by atoms with Crippen molar-refractivity contribution in [3.63, 3.8) is 0 Å². The Bertz CT molecular complexity index is 1090. The minimum atomic E-state index is -0.362. The summed E-state index contributed by atoms with van der Waals surface area (Å²) in [6.45, 7) is 8.85. The van der Waals surface area contributed by atoms with Gasteiger partial charge >= 0.3 is 0 Å². The van der Waals surface area contributed by atoms with Crippen molar-refractivity contribution in [3.05, 3.63) is 64.2 Å². The molecule has 0 N–H and O–H groups in total. The second-order valence-corrected chi connectivity index (χ2v) is 10.1. The predicted molar refractivity (Wildman–Crippen MR) is 136 cm³/mol. The molecule has 9 nitrogen and oxygen atoms in total. The van der Waals surface area contributed by atoms with Gasteiger partial charge in [0.1, 0.15) is 12.4 Å². The Morgan fingerprint density at radius 2 is 1.83 bits per heavy atom. The summed E-state index contributed by atoms with van der Waals surface area (Å²) in [6, 6.07) is 14.9. The van der Waals surface area contributed by atoms with Crippen LogP contribution in [0.25, 0.3) is 0 Å². The molecule has 0 radical (unpaired) electrons. The quantitative estimate of drug-likeness (QED) is 0.451. The van der Waals surface area contributed by atoms with E-state index in [1.165, 1.54) is 0 Å². The number of hydrogen-bond acceptors (Lipinski definition) is 7. The number of rotatable bonds is 6. The first-order valence-corrected chi connectivity index (χ1v) is 12.8. The molecular weight excluding hydrogens is 460 g/mol. The molecule has 1 amide bonds. The van der Waals surface area contributed by atoms with Crippen molar-refractivity contribution in [3.8, 4) is 5.75 Å². The van der Waals surface area contributed by atoms with Crippen LogP contribution in [0.1, 0.15) is 19.4 Å². The first-order chi connectivity index (χ1) is 17.4. The van der Waals surface area contributed by atoms with E-state index in [0.717, 1.165) is 43.2 Å². The Kier molecular flexibility index (Phi) is 7.11. The molecule has 0 saturated carbocycles. The molecule has 0 unspecified atom stereocenters. The SMILES string of the molecule is C[C@@H]1CN(C(=O)[C@@H]2Cc3cc([N+](=O)[O-])ccc3N3CCN(CCOc4ccccc4)C[C@H]23)C[C@@H](C)O1. The maximum Gasteiger partial charge on any atom is 0.269 e. The van der Waals surface area contributed by atoms with Crippen molar-refractivity contribution < 1.29 is 19.2 Å². The normalized spacial score (nSPS) is 26.2. The highest BCUT2D eigenvalue weighted by Gasteiger charge is 2.44. The lowest BCUT2D eigenvalue weighted by atomic mass is 9.82. The number of carbonyl (C=O) groups is 1.